The molecule has 2 aromatic heterocycles. The summed E-state index contributed by atoms with van der Waals surface area (Å²) in [7, 11) is 2.34. The maximum absolute atomic E-state index is 14.6. The Morgan fingerprint density at radius 1 is 1.00 bits per heavy atom. The SMILES string of the molecule is CC(C)[C@H](C1CC(N(C)C2CCOCC2)C1)N1CC2(CCN(c3ncnnc3Oc3ccc(F)cc3-c3cncnc3C3CC3)C2)C1. The van der Waals surface area contributed by atoms with Crippen molar-refractivity contribution in [3.8, 4) is 22.8 Å². The zero-order chi connectivity index (χ0) is 32.1. The first kappa shape index (κ1) is 31.0. The summed E-state index contributed by atoms with van der Waals surface area (Å²) in [5.41, 5.74) is 2.60. The number of rotatable bonds is 10. The van der Waals surface area contributed by atoms with Crippen LogP contribution in [0.1, 0.15) is 70.4 Å². The van der Waals surface area contributed by atoms with Crippen molar-refractivity contribution < 1.29 is 13.9 Å². The van der Waals surface area contributed by atoms with Crippen LogP contribution in [0.5, 0.6) is 11.6 Å². The van der Waals surface area contributed by atoms with Crippen molar-refractivity contribution in [2.45, 2.75) is 82.8 Å². The quantitative estimate of drug-likeness (QED) is 0.280. The van der Waals surface area contributed by atoms with Crippen molar-refractivity contribution in [1.82, 2.24) is 34.9 Å². The molecule has 3 saturated heterocycles. The highest BCUT2D eigenvalue weighted by molar-refractivity contribution is 5.73. The minimum Gasteiger partial charge on any atom is -0.434 e. The summed E-state index contributed by atoms with van der Waals surface area (Å²) in [6.45, 7) is 10.7. The average molecular weight is 643 g/mol. The van der Waals surface area contributed by atoms with Crippen LogP contribution in [0.2, 0.25) is 0 Å². The molecule has 5 heterocycles. The standard InChI is InChI=1S/C36H47FN8O2/c1-23(2)33(25-14-28(15-25)43(3)27-8-12-46-13-9-27)45-19-36(20-45)10-11-44(18-36)34-35(42-41-22-40-34)47-31-7-6-26(37)16-29(31)30-17-38-21-39-32(30)24-4-5-24/h6-7,16-17,21-25,27-28,33H,4-5,8-15,18-20H2,1-3H3/t25?,28?,33-/m1/s1. The predicted molar refractivity (Wildman–Crippen MR) is 177 cm³/mol. The average Bonchev–Trinajstić information content (AvgIpc) is 3.81. The molecular formula is C36H47FN8O2. The molecule has 5 fully saturated rings. The minimum absolute atomic E-state index is 0.249. The highest BCUT2D eigenvalue weighted by atomic mass is 19.1. The molecule has 10 nitrogen and oxygen atoms in total. The number of benzene rings is 1. The van der Waals surface area contributed by atoms with Gasteiger partial charge in [-0.05, 0) is 82.0 Å². The summed E-state index contributed by atoms with van der Waals surface area (Å²) in [4.78, 5) is 21.2. The van der Waals surface area contributed by atoms with Gasteiger partial charge in [0.1, 0.15) is 24.2 Å². The van der Waals surface area contributed by atoms with Crippen LogP contribution in [-0.2, 0) is 4.74 Å². The van der Waals surface area contributed by atoms with E-state index in [4.69, 9.17) is 9.47 Å². The van der Waals surface area contributed by atoms with Gasteiger partial charge in [-0.25, -0.2) is 19.3 Å². The number of aromatic nitrogens is 5. The number of halogens is 1. The van der Waals surface area contributed by atoms with Gasteiger partial charge in [0.2, 0.25) is 0 Å². The lowest BCUT2D eigenvalue weighted by molar-refractivity contribution is -0.0853. The first-order valence-corrected chi connectivity index (χ1v) is 17.6. The molecule has 2 aliphatic carbocycles. The lowest BCUT2D eigenvalue weighted by Gasteiger charge is -2.58. The third-order valence-corrected chi connectivity index (χ3v) is 11.6. The van der Waals surface area contributed by atoms with Crippen molar-refractivity contribution in [1.29, 1.82) is 0 Å². The normalized spacial score (nSPS) is 25.3. The Labute approximate surface area is 277 Å². The molecule has 0 unspecified atom stereocenters. The van der Waals surface area contributed by atoms with Crippen molar-refractivity contribution >= 4 is 5.82 Å². The summed E-state index contributed by atoms with van der Waals surface area (Å²) in [5.74, 6) is 2.97. The monoisotopic (exact) mass is 642 g/mol. The molecular weight excluding hydrogens is 595 g/mol. The lowest BCUT2D eigenvalue weighted by atomic mass is 9.68. The van der Waals surface area contributed by atoms with Crippen LogP contribution in [0.4, 0.5) is 10.2 Å². The summed E-state index contributed by atoms with van der Waals surface area (Å²) in [5, 5.41) is 8.45. The molecule has 3 aromatic rings. The van der Waals surface area contributed by atoms with E-state index in [9.17, 15) is 4.39 Å². The van der Waals surface area contributed by atoms with Gasteiger partial charge >= 0.3 is 0 Å². The number of nitrogens with zero attached hydrogens (tertiary/aromatic N) is 8. The van der Waals surface area contributed by atoms with Crippen LogP contribution >= 0.6 is 0 Å². The van der Waals surface area contributed by atoms with Crippen LogP contribution in [0.15, 0.2) is 37.1 Å². The van der Waals surface area contributed by atoms with Gasteiger partial charge in [0, 0.05) is 86.2 Å². The molecule has 3 aliphatic heterocycles. The van der Waals surface area contributed by atoms with Crippen LogP contribution in [0.3, 0.4) is 0 Å². The van der Waals surface area contributed by atoms with Crippen LogP contribution in [-0.4, -0.2) is 99.5 Å². The smallest absolute Gasteiger partial charge is 0.282 e. The summed E-state index contributed by atoms with van der Waals surface area (Å²) in [6.07, 6.45) is 13.0. The van der Waals surface area contributed by atoms with E-state index in [0.717, 1.165) is 75.8 Å². The molecule has 47 heavy (non-hydrogen) atoms. The second kappa shape index (κ2) is 12.6. The molecule has 1 atom stereocenters. The van der Waals surface area contributed by atoms with Crippen LogP contribution in [0, 0.1) is 23.1 Å². The fourth-order valence-corrected chi connectivity index (χ4v) is 8.97. The highest BCUT2D eigenvalue weighted by Crippen LogP contribution is 2.49. The number of likely N-dealkylation sites (tertiary alicyclic amines) is 1. The molecule has 11 heteroatoms. The zero-order valence-electron chi connectivity index (χ0n) is 27.9. The fraction of sp³-hybridized carbons (Fsp3) is 0.639. The molecule has 0 radical (unpaired) electrons. The Hall–Kier alpha value is -3.28. The number of hydrogen-bond acceptors (Lipinski definition) is 10. The van der Waals surface area contributed by atoms with Crippen molar-refractivity contribution in [2.75, 3.05) is 51.3 Å². The van der Waals surface area contributed by atoms with E-state index in [-0.39, 0.29) is 11.2 Å². The molecule has 0 N–H and O–H groups in total. The van der Waals surface area contributed by atoms with E-state index >= 15 is 0 Å². The first-order valence-electron chi connectivity index (χ1n) is 17.6. The zero-order valence-corrected chi connectivity index (χ0v) is 27.9. The van der Waals surface area contributed by atoms with Gasteiger partial charge in [-0.15, -0.1) is 10.2 Å². The second-order valence-electron chi connectivity index (χ2n) is 15.1. The Morgan fingerprint density at radius 3 is 2.57 bits per heavy atom. The third kappa shape index (κ3) is 6.10. The number of ether oxygens (including phenoxy) is 2. The van der Waals surface area contributed by atoms with E-state index in [2.05, 4.69) is 60.7 Å². The van der Waals surface area contributed by atoms with Gasteiger partial charge in [-0.1, -0.05) is 13.8 Å². The molecule has 0 bridgehead atoms. The topological polar surface area (TPSA) is 92.6 Å². The fourth-order valence-electron chi connectivity index (χ4n) is 8.97. The number of hydrogen-bond donors (Lipinski definition) is 0. The van der Waals surface area contributed by atoms with Crippen molar-refractivity contribution in [3.63, 3.8) is 0 Å². The highest BCUT2D eigenvalue weighted by Gasteiger charge is 2.53. The molecule has 8 rings (SSSR count). The maximum Gasteiger partial charge on any atom is 0.282 e. The van der Waals surface area contributed by atoms with E-state index in [1.54, 1.807) is 18.6 Å². The van der Waals surface area contributed by atoms with Gasteiger partial charge < -0.3 is 19.3 Å². The van der Waals surface area contributed by atoms with Gasteiger partial charge in [0.05, 0.1) is 5.69 Å². The van der Waals surface area contributed by atoms with Gasteiger partial charge in [-0.3, -0.25) is 4.90 Å². The number of anilines is 1. The molecule has 250 valence electrons. The van der Waals surface area contributed by atoms with E-state index in [0.29, 0.717) is 53.0 Å². The van der Waals surface area contributed by atoms with Crippen molar-refractivity contribution in [2.24, 2.45) is 17.3 Å². The Bertz CT molecular complexity index is 1570. The minimum atomic E-state index is -0.338. The summed E-state index contributed by atoms with van der Waals surface area (Å²) in [6, 6.07) is 6.58. The van der Waals surface area contributed by atoms with E-state index in [1.807, 2.05) is 0 Å². The predicted octanol–water partition coefficient (Wildman–Crippen LogP) is 5.56. The van der Waals surface area contributed by atoms with Gasteiger partial charge in [-0.2, -0.15) is 0 Å². The largest absolute Gasteiger partial charge is 0.434 e. The summed E-state index contributed by atoms with van der Waals surface area (Å²) >= 11 is 0. The maximum atomic E-state index is 14.6. The molecule has 2 saturated carbocycles. The van der Waals surface area contributed by atoms with Crippen LogP contribution < -0.4 is 9.64 Å². The Balaban J connectivity index is 0.937. The van der Waals surface area contributed by atoms with Crippen molar-refractivity contribution in [3.05, 3.63) is 48.6 Å². The lowest BCUT2D eigenvalue weighted by Crippen LogP contribution is -2.65. The van der Waals surface area contributed by atoms with Gasteiger partial charge in [0.15, 0.2) is 5.82 Å². The third-order valence-electron chi connectivity index (χ3n) is 11.6. The molecule has 1 spiro atoms. The van der Waals surface area contributed by atoms with Gasteiger partial charge in [0.25, 0.3) is 5.88 Å². The molecule has 0 amide bonds. The Kier molecular flexibility index (Phi) is 8.34. The van der Waals surface area contributed by atoms with E-state index in [1.165, 1.54) is 44.1 Å². The van der Waals surface area contributed by atoms with Crippen LogP contribution in [0.25, 0.3) is 11.1 Å². The summed E-state index contributed by atoms with van der Waals surface area (Å²) < 4.78 is 26.6. The Morgan fingerprint density at radius 2 is 1.81 bits per heavy atom. The second-order valence-corrected chi connectivity index (χ2v) is 15.1. The molecule has 1 aromatic carbocycles. The molecule has 5 aliphatic rings. The van der Waals surface area contributed by atoms with E-state index < -0.39 is 0 Å². The first-order chi connectivity index (χ1) is 22.9.